The van der Waals surface area contributed by atoms with Crippen LogP contribution in [-0.4, -0.2) is 53.6 Å². The minimum atomic E-state index is -0.724. The molecule has 1 saturated heterocycles. The minimum Gasteiger partial charge on any atom is -0.481 e. The number of piperidine rings is 1. The molecule has 5 heteroatoms. The van der Waals surface area contributed by atoms with Crippen LogP contribution in [0.5, 0.6) is 0 Å². The summed E-state index contributed by atoms with van der Waals surface area (Å²) >= 11 is 0. The van der Waals surface area contributed by atoms with Gasteiger partial charge < -0.3 is 14.9 Å². The number of amides is 2. The number of likely N-dealkylation sites (tertiary alicyclic amines) is 1. The van der Waals surface area contributed by atoms with Crippen LogP contribution < -0.4 is 0 Å². The quantitative estimate of drug-likeness (QED) is 0.852. The van der Waals surface area contributed by atoms with Crippen molar-refractivity contribution in [2.45, 2.75) is 40.0 Å². The van der Waals surface area contributed by atoms with E-state index in [1.54, 1.807) is 16.8 Å². The van der Waals surface area contributed by atoms with E-state index in [1.807, 2.05) is 6.92 Å². The lowest BCUT2D eigenvalue weighted by atomic mass is 9.76. The molecular formula is C14H26N2O3. The number of carboxylic acids is 1. The number of aliphatic carboxylic acids is 1. The number of carbonyl (C=O) groups excluding carboxylic acids is 1. The zero-order valence-electron chi connectivity index (χ0n) is 12.5. The summed E-state index contributed by atoms with van der Waals surface area (Å²) in [5.41, 5.74) is -0.632. The van der Waals surface area contributed by atoms with Crippen molar-refractivity contribution in [3.8, 4) is 0 Å². The van der Waals surface area contributed by atoms with Gasteiger partial charge in [-0.1, -0.05) is 20.8 Å². The molecule has 0 spiro atoms. The number of rotatable bonds is 4. The molecule has 19 heavy (non-hydrogen) atoms. The second-order valence-corrected chi connectivity index (χ2v) is 5.98. The Morgan fingerprint density at radius 2 is 1.84 bits per heavy atom. The first-order valence-electron chi connectivity index (χ1n) is 7.06. The number of carbonyl (C=O) groups is 2. The Kier molecular flexibility index (Phi) is 5.20. The van der Waals surface area contributed by atoms with Crippen molar-refractivity contribution in [1.82, 2.24) is 9.80 Å². The molecule has 0 saturated carbocycles. The Morgan fingerprint density at radius 3 is 2.21 bits per heavy atom. The molecule has 0 bridgehead atoms. The number of hydrogen-bond donors (Lipinski definition) is 1. The fraction of sp³-hybridized carbons (Fsp3) is 0.857. The van der Waals surface area contributed by atoms with Gasteiger partial charge in [0.1, 0.15) is 0 Å². The molecule has 1 heterocycles. The highest BCUT2D eigenvalue weighted by Gasteiger charge is 2.41. The molecule has 1 N–H and O–H groups in total. The Balaban J connectivity index is 2.58. The van der Waals surface area contributed by atoms with Gasteiger partial charge in [-0.15, -0.1) is 0 Å². The van der Waals surface area contributed by atoms with E-state index in [1.165, 1.54) is 0 Å². The number of urea groups is 1. The molecule has 110 valence electrons. The van der Waals surface area contributed by atoms with Gasteiger partial charge in [-0.25, -0.2) is 4.79 Å². The first-order chi connectivity index (χ1) is 8.82. The average molecular weight is 270 g/mol. The summed E-state index contributed by atoms with van der Waals surface area (Å²) in [5.74, 6) is -0.287. The molecule has 1 aliphatic rings. The van der Waals surface area contributed by atoms with Crippen LogP contribution in [0.15, 0.2) is 0 Å². The topological polar surface area (TPSA) is 60.9 Å². The van der Waals surface area contributed by atoms with Crippen molar-refractivity contribution in [3.05, 3.63) is 0 Å². The third kappa shape index (κ3) is 3.61. The van der Waals surface area contributed by atoms with Gasteiger partial charge in [0.25, 0.3) is 0 Å². The normalized spacial score (nSPS) is 18.5. The summed E-state index contributed by atoms with van der Waals surface area (Å²) in [6.07, 6.45) is 1.74. The highest BCUT2D eigenvalue weighted by molar-refractivity contribution is 5.77. The molecule has 2 amide bonds. The van der Waals surface area contributed by atoms with E-state index >= 15 is 0 Å². The Bertz CT molecular complexity index is 334. The standard InChI is InChI=1S/C14H26N2O3/c1-5-14(12(17)18)6-8-16(9-7-14)13(19)15(4)10-11(2)3/h11H,5-10H2,1-4H3,(H,17,18). The Hall–Kier alpha value is -1.26. The predicted octanol–water partition coefficient (Wildman–Crippen LogP) is 2.27. The zero-order valence-corrected chi connectivity index (χ0v) is 12.5. The van der Waals surface area contributed by atoms with Gasteiger partial charge in [0.15, 0.2) is 0 Å². The molecule has 0 aromatic carbocycles. The van der Waals surface area contributed by atoms with Crippen molar-refractivity contribution in [2.75, 3.05) is 26.7 Å². The summed E-state index contributed by atoms with van der Waals surface area (Å²) in [5, 5.41) is 9.33. The third-order valence-corrected chi connectivity index (χ3v) is 4.09. The molecule has 0 aromatic rings. The lowest BCUT2D eigenvalue weighted by molar-refractivity contribution is -0.152. The molecule has 1 aliphatic heterocycles. The molecule has 0 radical (unpaired) electrons. The molecule has 0 unspecified atom stereocenters. The third-order valence-electron chi connectivity index (χ3n) is 4.09. The minimum absolute atomic E-state index is 0.0174. The van der Waals surface area contributed by atoms with E-state index < -0.39 is 11.4 Å². The maximum Gasteiger partial charge on any atom is 0.319 e. The van der Waals surface area contributed by atoms with Crippen molar-refractivity contribution in [2.24, 2.45) is 11.3 Å². The summed E-state index contributed by atoms with van der Waals surface area (Å²) < 4.78 is 0. The van der Waals surface area contributed by atoms with Crippen LogP contribution in [0.1, 0.15) is 40.0 Å². The molecule has 1 fully saturated rings. The first-order valence-corrected chi connectivity index (χ1v) is 7.06. The number of nitrogens with zero attached hydrogens (tertiary/aromatic N) is 2. The van der Waals surface area contributed by atoms with Gasteiger partial charge in [-0.2, -0.15) is 0 Å². The second-order valence-electron chi connectivity index (χ2n) is 5.98. The van der Waals surface area contributed by atoms with Crippen LogP contribution in [0, 0.1) is 11.3 Å². The van der Waals surface area contributed by atoms with E-state index in [9.17, 15) is 14.7 Å². The van der Waals surface area contributed by atoms with Crippen LogP contribution in [0.25, 0.3) is 0 Å². The summed E-state index contributed by atoms with van der Waals surface area (Å²) in [4.78, 5) is 27.1. The Labute approximate surface area is 115 Å². The van der Waals surface area contributed by atoms with E-state index in [0.717, 1.165) is 6.54 Å². The molecule has 5 nitrogen and oxygen atoms in total. The molecule has 0 aliphatic carbocycles. The number of hydrogen-bond acceptors (Lipinski definition) is 2. The van der Waals surface area contributed by atoms with Crippen LogP contribution >= 0.6 is 0 Å². The molecule has 1 rings (SSSR count). The average Bonchev–Trinajstić information content (AvgIpc) is 2.37. The highest BCUT2D eigenvalue weighted by Crippen LogP contribution is 2.35. The van der Waals surface area contributed by atoms with Crippen molar-refractivity contribution in [1.29, 1.82) is 0 Å². The van der Waals surface area contributed by atoms with Crippen LogP contribution in [0.2, 0.25) is 0 Å². The second kappa shape index (κ2) is 6.26. The predicted molar refractivity (Wildman–Crippen MR) is 74.0 cm³/mol. The summed E-state index contributed by atoms with van der Waals surface area (Å²) in [7, 11) is 1.81. The largest absolute Gasteiger partial charge is 0.481 e. The Morgan fingerprint density at radius 1 is 1.32 bits per heavy atom. The first kappa shape index (κ1) is 15.8. The van der Waals surface area contributed by atoms with Gasteiger partial charge >= 0.3 is 12.0 Å². The SMILES string of the molecule is CCC1(C(=O)O)CCN(C(=O)N(C)CC(C)C)CC1. The van der Waals surface area contributed by atoms with Gasteiger partial charge in [0, 0.05) is 26.7 Å². The summed E-state index contributed by atoms with van der Waals surface area (Å²) in [6, 6.07) is 0.0174. The smallest absolute Gasteiger partial charge is 0.319 e. The molecule has 0 atom stereocenters. The van der Waals surface area contributed by atoms with E-state index in [-0.39, 0.29) is 6.03 Å². The van der Waals surface area contributed by atoms with Crippen LogP contribution in [-0.2, 0) is 4.79 Å². The van der Waals surface area contributed by atoms with Gasteiger partial charge in [0.05, 0.1) is 5.41 Å². The maximum atomic E-state index is 12.2. The fourth-order valence-electron chi connectivity index (χ4n) is 2.71. The van der Waals surface area contributed by atoms with Crippen molar-refractivity contribution >= 4 is 12.0 Å². The number of carboxylic acid groups (broad SMARTS) is 1. The van der Waals surface area contributed by atoms with Crippen molar-refractivity contribution in [3.63, 3.8) is 0 Å². The van der Waals surface area contributed by atoms with Gasteiger partial charge in [0.2, 0.25) is 0 Å². The van der Waals surface area contributed by atoms with Gasteiger partial charge in [-0.3, -0.25) is 4.79 Å². The van der Waals surface area contributed by atoms with Crippen LogP contribution in [0.4, 0.5) is 4.79 Å². The van der Waals surface area contributed by atoms with E-state index in [4.69, 9.17) is 0 Å². The zero-order chi connectivity index (χ0) is 14.6. The highest BCUT2D eigenvalue weighted by atomic mass is 16.4. The van der Waals surface area contributed by atoms with Crippen LogP contribution in [0.3, 0.4) is 0 Å². The fourth-order valence-corrected chi connectivity index (χ4v) is 2.71. The van der Waals surface area contributed by atoms with Gasteiger partial charge in [-0.05, 0) is 25.2 Å². The van der Waals surface area contributed by atoms with E-state index in [2.05, 4.69) is 13.8 Å². The lowest BCUT2D eigenvalue weighted by Crippen LogP contribution is -2.50. The lowest BCUT2D eigenvalue weighted by Gasteiger charge is -2.39. The molecular weight excluding hydrogens is 244 g/mol. The van der Waals surface area contributed by atoms with Crippen molar-refractivity contribution < 1.29 is 14.7 Å². The monoisotopic (exact) mass is 270 g/mol. The summed E-state index contributed by atoms with van der Waals surface area (Å²) in [6.45, 7) is 7.88. The van der Waals surface area contributed by atoms with E-state index in [0.29, 0.717) is 38.3 Å². The maximum absolute atomic E-state index is 12.2. The molecule has 0 aromatic heterocycles.